The van der Waals surface area contributed by atoms with E-state index in [0.717, 1.165) is 43.7 Å². The van der Waals surface area contributed by atoms with Crippen LogP contribution in [-0.4, -0.2) is 37.6 Å². The summed E-state index contributed by atoms with van der Waals surface area (Å²) in [6.45, 7) is 6.12. The Morgan fingerprint density at radius 3 is 2.26 bits per heavy atom. The van der Waals surface area contributed by atoms with Crippen molar-refractivity contribution in [1.82, 2.24) is 9.78 Å². The van der Waals surface area contributed by atoms with Crippen molar-refractivity contribution in [1.29, 1.82) is 0 Å². The van der Waals surface area contributed by atoms with Crippen molar-refractivity contribution in [3.8, 4) is 0 Å². The number of aliphatic hydroxyl groups is 1. The Morgan fingerprint density at radius 1 is 1.22 bits per heavy atom. The lowest BCUT2D eigenvalue weighted by atomic mass is 9.52. The zero-order valence-electron chi connectivity index (χ0n) is 16.7. The summed E-state index contributed by atoms with van der Waals surface area (Å²) < 4.78 is 1.86. The molecule has 0 amide bonds. The fourth-order valence-electron chi connectivity index (χ4n) is 5.83. The van der Waals surface area contributed by atoms with Crippen LogP contribution < -0.4 is 5.73 Å². The van der Waals surface area contributed by atoms with Gasteiger partial charge < -0.3 is 15.9 Å². The average Bonchev–Trinajstić information content (AvgIpc) is 3.27. The molecule has 0 aliphatic heterocycles. The monoisotopic (exact) mass is 375 g/mol. The van der Waals surface area contributed by atoms with Gasteiger partial charge in [0, 0.05) is 12.0 Å². The molecular weight excluding hydrogens is 342 g/mol. The molecule has 27 heavy (non-hydrogen) atoms. The number of carbonyl (C=O) groups is 1. The quantitative estimate of drug-likeness (QED) is 0.737. The fourth-order valence-corrected chi connectivity index (χ4v) is 5.83. The molecule has 4 N–H and O–H groups in total. The van der Waals surface area contributed by atoms with Gasteiger partial charge >= 0.3 is 5.97 Å². The zero-order valence-corrected chi connectivity index (χ0v) is 16.7. The van der Waals surface area contributed by atoms with Crippen LogP contribution in [0.3, 0.4) is 0 Å². The molecule has 0 saturated heterocycles. The molecule has 0 spiro atoms. The van der Waals surface area contributed by atoms with Crippen LogP contribution in [0.4, 0.5) is 0 Å². The van der Waals surface area contributed by atoms with Crippen molar-refractivity contribution in [2.24, 2.45) is 23.5 Å². The van der Waals surface area contributed by atoms with Gasteiger partial charge in [0.25, 0.3) is 0 Å². The molecule has 150 valence electrons. The molecule has 6 heteroatoms. The van der Waals surface area contributed by atoms with Crippen LogP contribution in [0.25, 0.3) is 0 Å². The third kappa shape index (κ3) is 3.54. The van der Waals surface area contributed by atoms with Crippen LogP contribution in [-0.2, 0) is 5.54 Å². The second-order valence-corrected chi connectivity index (χ2v) is 10.4. The standard InChI is InChI=1S/C11H16N2O2.C10H17NO/c1-11(2,3)13-9(7-4-5-7)8(6-12-13)10(14)15;11-9-7-1-6-2-8(9)5-10(12,3-6)4-7/h6-7H,4-5H2,1-3H3,(H,14,15);6-9,12H,1-5,11H2. The van der Waals surface area contributed by atoms with Gasteiger partial charge in [0.2, 0.25) is 0 Å². The Hall–Kier alpha value is -1.40. The molecule has 0 aromatic carbocycles. The second kappa shape index (κ2) is 6.31. The van der Waals surface area contributed by atoms with Crippen molar-refractivity contribution >= 4 is 5.97 Å². The molecule has 1 aromatic heterocycles. The van der Waals surface area contributed by atoms with Crippen LogP contribution in [0.15, 0.2) is 6.20 Å². The van der Waals surface area contributed by atoms with E-state index in [1.54, 1.807) is 0 Å². The summed E-state index contributed by atoms with van der Waals surface area (Å²) in [6, 6.07) is 0.404. The number of aromatic nitrogens is 2. The minimum atomic E-state index is -0.868. The highest BCUT2D eigenvalue weighted by atomic mass is 16.4. The van der Waals surface area contributed by atoms with Crippen molar-refractivity contribution in [3.05, 3.63) is 17.5 Å². The molecular formula is C21H33N3O3. The molecule has 2 unspecified atom stereocenters. The van der Waals surface area contributed by atoms with Crippen LogP contribution in [0.1, 0.15) is 87.7 Å². The smallest absolute Gasteiger partial charge is 0.339 e. The van der Waals surface area contributed by atoms with E-state index in [4.69, 9.17) is 10.8 Å². The molecule has 5 aliphatic rings. The first kappa shape index (κ1) is 18.9. The molecule has 5 aliphatic carbocycles. The van der Waals surface area contributed by atoms with E-state index in [1.165, 1.54) is 19.0 Å². The van der Waals surface area contributed by atoms with E-state index in [9.17, 15) is 9.90 Å². The highest BCUT2D eigenvalue weighted by Crippen LogP contribution is 2.55. The topological polar surface area (TPSA) is 101 Å². The Bertz CT molecular complexity index is 716. The fraction of sp³-hybridized carbons (Fsp3) is 0.810. The first-order valence-electron chi connectivity index (χ1n) is 10.4. The molecule has 5 fully saturated rings. The summed E-state index contributed by atoms with van der Waals surface area (Å²) in [5.74, 6) is 1.61. The average molecular weight is 376 g/mol. The predicted molar refractivity (Wildman–Crippen MR) is 103 cm³/mol. The maximum Gasteiger partial charge on any atom is 0.339 e. The van der Waals surface area contributed by atoms with E-state index in [-0.39, 0.29) is 11.1 Å². The summed E-state index contributed by atoms with van der Waals surface area (Å²) >= 11 is 0. The number of rotatable bonds is 2. The summed E-state index contributed by atoms with van der Waals surface area (Å²) in [6.07, 6.45) is 9.26. The van der Waals surface area contributed by atoms with Gasteiger partial charge in [-0.05, 0) is 83.5 Å². The Kier molecular flexibility index (Phi) is 4.43. The molecule has 6 rings (SSSR count). The van der Waals surface area contributed by atoms with Gasteiger partial charge in [-0.25, -0.2) is 4.79 Å². The van der Waals surface area contributed by atoms with Crippen molar-refractivity contribution in [2.45, 2.75) is 88.8 Å². The molecule has 4 bridgehead atoms. The summed E-state index contributed by atoms with van der Waals surface area (Å²) in [7, 11) is 0. The van der Waals surface area contributed by atoms with Gasteiger partial charge in [0.05, 0.1) is 23.0 Å². The molecule has 5 saturated carbocycles. The maximum absolute atomic E-state index is 11.0. The van der Waals surface area contributed by atoms with E-state index in [1.807, 2.05) is 25.5 Å². The second-order valence-electron chi connectivity index (χ2n) is 10.4. The maximum atomic E-state index is 11.0. The zero-order chi connectivity index (χ0) is 19.6. The number of carboxylic acids is 1. The van der Waals surface area contributed by atoms with Crippen molar-refractivity contribution in [2.75, 3.05) is 0 Å². The summed E-state index contributed by atoms with van der Waals surface area (Å²) in [5.41, 5.74) is 6.93. The Balaban J connectivity index is 0.000000136. The molecule has 0 radical (unpaired) electrons. The lowest BCUT2D eigenvalue weighted by Gasteiger charge is -2.57. The van der Waals surface area contributed by atoms with Gasteiger partial charge in [-0.1, -0.05) is 0 Å². The Labute approximate surface area is 161 Å². The minimum absolute atomic E-state index is 0.147. The predicted octanol–water partition coefficient (Wildman–Crippen LogP) is 3.10. The molecule has 2 atom stereocenters. The van der Waals surface area contributed by atoms with Crippen LogP contribution in [0.2, 0.25) is 0 Å². The minimum Gasteiger partial charge on any atom is -0.478 e. The lowest BCUT2D eigenvalue weighted by Crippen LogP contribution is -2.59. The normalized spacial score (nSPS) is 37.1. The van der Waals surface area contributed by atoms with E-state index >= 15 is 0 Å². The van der Waals surface area contributed by atoms with Gasteiger partial charge in [0.15, 0.2) is 0 Å². The molecule has 6 nitrogen and oxygen atoms in total. The van der Waals surface area contributed by atoms with Gasteiger partial charge in [-0.2, -0.15) is 5.10 Å². The third-order valence-corrected chi connectivity index (χ3v) is 6.95. The largest absolute Gasteiger partial charge is 0.478 e. The first-order valence-corrected chi connectivity index (χ1v) is 10.4. The number of carboxylic acid groups (broad SMARTS) is 1. The third-order valence-electron chi connectivity index (χ3n) is 6.95. The van der Waals surface area contributed by atoms with E-state index in [2.05, 4.69) is 5.10 Å². The van der Waals surface area contributed by atoms with Gasteiger partial charge in [0.1, 0.15) is 5.56 Å². The number of hydrogen-bond donors (Lipinski definition) is 3. The number of hydrogen-bond acceptors (Lipinski definition) is 4. The molecule has 1 aromatic rings. The van der Waals surface area contributed by atoms with Crippen molar-refractivity contribution < 1.29 is 15.0 Å². The lowest BCUT2D eigenvalue weighted by molar-refractivity contribution is -0.132. The van der Waals surface area contributed by atoms with Gasteiger partial charge in [-0.3, -0.25) is 4.68 Å². The summed E-state index contributed by atoms with van der Waals surface area (Å²) in [5, 5.41) is 23.4. The Morgan fingerprint density at radius 2 is 1.81 bits per heavy atom. The van der Waals surface area contributed by atoms with E-state index < -0.39 is 5.97 Å². The van der Waals surface area contributed by atoms with E-state index in [0.29, 0.717) is 29.4 Å². The number of nitrogens with zero attached hydrogens (tertiary/aromatic N) is 2. The first-order chi connectivity index (χ1) is 12.6. The number of nitrogens with two attached hydrogens (primary N) is 1. The highest BCUT2D eigenvalue weighted by molar-refractivity contribution is 5.89. The highest BCUT2D eigenvalue weighted by Gasteiger charge is 2.53. The summed E-state index contributed by atoms with van der Waals surface area (Å²) in [4.78, 5) is 11.0. The van der Waals surface area contributed by atoms with Crippen LogP contribution in [0.5, 0.6) is 0 Å². The SMILES string of the molecule is CC(C)(C)n1ncc(C(=O)O)c1C1CC1.NC1C2CC3CC1CC(O)(C3)C2. The molecule has 1 heterocycles. The number of aromatic carboxylic acids is 1. The van der Waals surface area contributed by atoms with Crippen LogP contribution >= 0.6 is 0 Å². The van der Waals surface area contributed by atoms with Crippen LogP contribution in [0, 0.1) is 17.8 Å². The van der Waals surface area contributed by atoms with Gasteiger partial charge in [-0.15, -0.1) is 0 Å². The van der Waals surface area contributed by atoms with Crippen molar-refractivity contribution in [3.63, 3.8) is 0 Å².